The van der Waals surface area contributed by atoms with Gasteiger partial charge in [0.25, 0.3) is 0 Å². The van der Waals surface area contributed by atoms with Crippen LogP contribution in [0.1, 0.15) is 30.4 Å². The number of hydrazone groups is 1. The molecular weight excluding hydrogens is 355 g/mol. The molecule has 0 bridgehead atoms. The summed E-state index contributed by atoms with van der Waals surface area (Å²) in [5, 5.41) is 3.98. The molecular formula is C20H18F3N3O. The molecule has 27 heavy (non-hydrogen) atoms. The summed E-state index contributed by atoms with van der Waals surface area (Å²) in [6.45, 7) is 0. The summed E-state index contributed by atoms with van der Waals surface area (Å²) in [6, 6.07) is 11.8. The van der Waals surface area contributed by atoms with Gasteiger partial charge in [-0.3, -0.25) is 10.2 Å². The Labute approximate surface area is 154 Å². The van der Waals surface area contributed by atoms with Gasteiger partial charge in [0.2, 0.25) is 0 Å². The second kappa shape index (κ2) is 8.16. The number of rotatable bonds is 4. The zero-order valence-corrected chi connectivity index (χ0v) is 14.4. The maximum atomic E-state index is 12.6. The van der Waals surface area contributed by atoms with E-state index in [9.17, 15) is 18.0 Å². The first-order valence-corrected chi connectivity index (χ1v) is 8.56. The normalized spacial score (nSPS) is 19.6. The Morgan fingerprint density at radius 1 is 1.15 bits per heavy atom. The molecule has 0 saturated heterocycles. The van der Waals surface area contributed by atoms with Crippen LogP contribution in [0.15, 0.2) is 59.3 Å². The van der Waals surface area contributed by atoms with Gasteiger partial charge in [-0.2, -0.15) is 18.3 Å². The SMILES string of the molecule is O=C1/C(=C/c2ccccc2)CCC[C@@H]1/C=N\Nc1ccc(C(F)(F)F)cn1. The minimum absolute atomic E-state index is 0.0241. The third-order valence-corrected chi connectivity index (χ3v) is 4.28. The number of halogens is 3. The molecule has 0 unspecified atom stereocenters. The largest absolute Gasteiger partial charge is 0.417 e. The van der Waals surface area contributed by atoms with E-state index in [0.717, 1.165) is 36.2 Å². The Balaban J connectivity index is 1.63. The highest BCUT2D eigenvalue weighted by atomic mass is 19.4. The van der Waals surface area contributed by atoms with Crippen LogP contribution in [0.3, 0.4) is 0 Å². The first kappa shape index (κ1) is 18.8. The second-order valence-electron chi connectivity index (χ2n) is 6.26. The van der Waals surface area contributed by atoms with Crippen molar-refractivity contribution < 1.29 is 18.0 Å². The average molecular weight is 373 g/mol. The zero-order valence-electron chi connectivity index (χ0n) is 14.4. The number of hydrogen-bond donors (Lipinski definition) is 1. The van der Waals surface area contributed by atoms with Gasteiger partial charge in [0.15, 0.2) is 5.78 Å². The molecule has 1 aromatic heterocycles. The van der Waals surface area contributed by atoms with Crippen LogP contribution in [-0.2, 0) is 11.0 Å². The highest BCUT2D eigenvalue weighted by Crippen LogP contribution is 2.29. The molecule has 1 saturated carbocycles. The van der Waals surface area contributed by atoms with Gasteiger partial charge in [-0.25, -0.2) is 4.98 Å². The van der Waals surface area contributed by atoms with Crippen LogP contribution in [-0.4, -0.2) is 17.0 Å². The van der Waals surface area contributed by atoms with Crippen molar-refractivity contribution in [1.82, 2.24) is 4.98 Å². The van der Waals surface area contributed by atoms with Crippen molar-refractivity contribution in [3.05, 3.63) is 65.4 Å². The molecule has 1 heterocycles. The molecule has 4 nitrogen and oxygen atoms in total. The predicted octanol–water partition coefficient (Wildman–Crippen LogP) is 4.95. The number of benzene rings is 1. The minimum Gasteiger partial charge on any atom is -0.294 e. The fourth-order valence-electron chi connectivity index (χ4n) is 2.86. The average Bonchev–Trinajstić information content (AvgIpc) is 2.65. The van der Waals surface area contributed by atoms with E-state index in [1.165, 1.54) is 12.3 Å². The van der Waals surface area contributed by atoms with Crippen LogP contribution in [0.2, 0.25) is 0 Å². The molecule has 0 radical (unpaired) electrons. The molecule has 3 rings (SSSR count). The van der Waals surface area contributed by atoms with Crippen molar-refractivity contribution in [2.24, 2.45) is 11.0 Å². The number of ketones is 1. The summed E-state index contributed by atoms with van der Waals surface area (Å²) in [4.78, 5) is 16.3. The molecule has 1 N–H and O–H groups in total. The lowest BCUT2D eigenvalue weighted by Crippen LogP contribution is -2.23. The van der Waals surface area contributed by atoms with Crippen molar-refractivity contribution in [3.8, 4) is 0 Å². The van der Waals surface area contributed by atoms with E-state index < -0.39 is 11.7 Å². The zero-order chi connectivity index (χ0) is 19.3. The fourth-order valence-corrected chi connectivity index (χ4v) is 2.86. The fraction of sp³-hybridized carbons (Fsp3) is 0.250. The van der Waals surface area contributed by atoms with Crippen molar-refractivity contribution in [1.29, 1.82) is 0 Å². The van der Waals surface area contributed by atoms with E-state index in [2.05, 4.69) is 15.5 Å². The molecule has 0 spiro atoms. The van der Waals surface area contributed by atoms with Gasteiger partial charge in [0.05, 0.1) is 11.5 Å². The minimum atomic E-state index is -4.43. The van der Waals surface area contributed by atoms with Gasteiger partial charge in [-0.1, -0.05) is 30.3 Å². The number of alkyl halides is 3. The third-order valence-electron chi connectivity index (χ3n) is 4.28. The maximum absolute atomic E-state index is 12.6. The number of carbonyl (C=O) groups is 1. The number of pyridine rings is 1. The molecule has 1 aliphatic rings. The standard InChI is InChI=1S/C20H18F3N3O/c21-20(22,23)17-9-10-18(24-13-17)26-25-12-16-8-4-7-15(19(16)27)11-14-5-2-1-3-6-14/h1-3,5-6,9-13,16H,4,7-8H2,(H,24,26)/b15-11+,25-12-/t16-/m1/s1. The van der Waals surface area contributed by atoms with Gasteiger partial charge >= 0.3 is 6.18 Å². The molecule has 1 aromatic carbocycles. The highest BCUT2D eigenvalue weighted by Gasteiger charge is 2.30. The van der Waals surface area contributed by atoms with E-state index in [1.807, 2.05) is 36.4 Å². The van der Waals surface area contributed by atoms with Crippen molar-refractivity contribution in [3.63, 3.8) is 0 Å². The molecule has 1 aliphatic carbocycles. The summed E-state index contributed by atoms with van der Waals surface area (Å²) >= 11 is 0. The number of anilines is 1. The van der Waals surface area contributed by atoms with Crippen LogP contribution in [0.4, 0.5) is 19.0 Å². The number of nitrogens with one attached hydrogen (secondary N) is 1. The van der Waals surface area contributed by atoms with Crippen LogP contribution < -0.4 is 5.43 Å². The van der Waals surface area contributed by atoms with Crippen molar-refractivity contribution in [2.75, 3.05) is 5.43 Å². The molecule has 140 valence electrons. The maximum Gasteiger partial charge on any atom is 0.417 e. The highest BCUT2D eigenvalue weighted by molar-refractivity contribution is 6.08. The number of hydrogen-bond acceptors (Lipinski definition) is 4. The first-order valence-electron chi connectivity index (χ1n) is 8.56. The number of aromatic nitrogens is 1. The third kappa shape index (κ3) is 5.03. The van der Waals surface area contributed by atoms with Gasteiger partial charge in [-0.15, -0.1) is 0 Å². The lowest BCUT2D eigenvalue weighted by Gasteiger charge is -2.19. The molecule has 1 atom stereocenters. The number of carbonyl (C=O) groups excluding carboxylic acids is 1. The molecule has 1 fully saturated rings. The van der Waals surface area contributed by atoms with Gasteiger partial charge in [-0.05, 0) is 48.6 Å². The van der Waals surface area contributed by atoms with E-state index in [0.29, 0.717) is 6.42 Å². The van der Waals surface area contributed by atoms with Crippen LogP contribution in [0.25, 0.3) is 6.08 Å². The van der Waals surface area contributed by atoms with E-state index in [1.54, 1.807) is 0 Å². The smallest absolute Gasteiger partial charge is 0.294 e. The van der Waals surface area contributed by atoms with Gasteiger partial charge in [0, 0.05) is 12.4 Å². The molecule has 0 aliphatic heterocycles. The van der Waals surface area contributed by atoms with E-state index in [-0.39, 0.29) is 17.5 Å². The lowest BCUT2D eigenvalue weighted by molar-refractivity contribution is -0.137. The molecule has 0 amide bonds. The summed E-state index contributed by atoms with van der Waals surface area (Å²) in [7, 11) is 0. The predicted molar refractivity (Wildman–Crippen MR) is 98.1 cm³/mol. The van der Waals surface area contributed by atoms with Gasteiger partial charge < -0.3 is 0 Å². The Bertz CT molecular complexity index is 843. The Kier molecular flexibility index (Phi) is 5.69. The summed E-state index contributed by atoms with van der Waals surface area (Å²) in [5.41, 5.74) is 3.49. The summed E-state index contributed by atoms with van der Waals surface area (Å²) in [6.07, 6.45) is 2.00. The van der Waals surface area contributed by atoms with Crippen LogP contribution in [0, 0.1) is 5.92 Å². The first-order chi connectivity index (χ1) is 12.9. The number of nitrogens with zero attached hydrogens (tertiary/aromatic N) is 2. The Morgan fingerprint density at radius 2 is 1.93 bits per heavy atom. The van der Waals surface area contributed by atoms with E-state index in [4.69, 9.17) is 0 Å². The molecule has 7 heteroatoms. The number of Topliss-reactive ketones (excluding diaryl/α,β-unsaturated/α-hetero) is 1. The van der Waals surface area contributed by atoms with Crippen molar-refractivity contribution >= 4 is 23.9 Å². The second-order valence-corrected chi connectivity index (χ2v) is 6.26. The van der Waals surface area contributed by atoms with Crippen molar-refractivity contribution in [2.45, 2.75) is 25.4 Å². The molecule has 2 aromatic rings. The summed E-state index contributed by atoms with van der Waals surface area (Å²) < 4.78 is 37.6. The number of allylic oxidation sites excluding steroid dienone is 1. The van der Waals surface area contributed by atoms with E-state index >= 15 is 0 Å². The van der Waals surface area contributed by atoms with Gasteiger partial charge in [0.1, 0.15) is 5.82 Å². The lowest BCUT2D eigenvalue weighted by atomic mass is 9.84. The topological polar surface area (TPSA) is 54.4 Å². The summed E-state index contributed by atoms with van der Waals surface area (Å²) in [5.74, 6) is -0.144. The Hall–Kier alpha value is -2.96. The monoisotopic (exact) mass is 373 g/mol. The quantitative estimate of drug-likeness (QED) is 0.469. The van der Waals surface area contributed by atoms with Crippen LogP contribution in [0.5, 0.6) is 0 Å². The Morgan fingerprint density at radius 3 is 2.59 bits per heavy atom. The van der Waals surface area contributed by atoms with Crippen LogP contribution >= 0.6 is 0 Å².